The summed E-state index contributed by atoms with van der Waals surface area (Å²) in [6.45, 7) is 9.00. The first-order valence-electron chi connectivity index (χ1n) is 7.89. The molecule has 2 aromatic carbocycles. The van der Waals surface area contributed by atoms with E-state index in [1.54, 1.807) is 0 Å². The summed E-state index contributed by atoms with van der Waals surface area (Å²) in [7, 11) is 0. The zero-order chi connectivity index (χ0) is 17.6. The van der Waals surface area contributed by atoms with E-state index >= 15 is 0 Å². The molecule has 24 heavy (non-hydrogen) atoms. The number of urea groups is 1. The highest BCUT2D eigenvalue weighted by Crippen LogP contribution is 2.29. The standard InChI is InChI=1S/C20H23BrN2O/c1-15(16-7-5-4-6-8-16)13-20(2,3)14-22-19(24)23-18-11-9-17(21)10-12-18/h4-12H,1,13-14H2,2-3H3,(H2,22,23,24). The zero-order valence-corrected chi connectivity index (χ0v) is 15.7. The third-order valence-electron chi connectivity index (χ3n) is 3.70. The van der Waals surface area contributed by atoms with Crippen molar-refractivity contribution in [1.82, 2.24) is 5.32 Å². The molecule has 0 aliphatic heterocycles. The maximum Gasteiger partial charge on any atom is 0.319 e. The van der Waals surface area contributed by atoms with Crippen LogP contribution in [0, 0.1) is 5.41 Å². The maximum absolute atomic E-state index is 12.0. The molecular weight excluding hydrogens is 364 g/mol. The van der Waals surface area contributed by atoms with Crippen molar-refractivity contribution in [2.75, 3.05) is 11.9 Å². The Bertz CT molecular complexity index is 693. The number of nitrogens with one attached hydrogen (secondary N) is 2. The van der Waals surface area contributed by atoms with Gasteiger partial charge < -0.3 is 10.6 Å². The number of anilines is 1. The lowest BCUT2D eigenvalue weighted by molar-refractivity contribution is 0.245. The molecule has 2 aromatic rings. The van der Waals surface area contributed by atoms with Gasteiger partial charge in [-0.15, -0.1) is 0 Å². The number of rotatable bonds is 6. The summed E-state index contributed by atoms with van der Waals surface area (Å²) in [6.07, 6.45) is 0.815. The van der Waals surface area contributed by atoms with E-state index in [2.05, 4.69) is 59.1 Å². The number of halogens is 1. The van der Waals surface area contributed by atoms with Gasteiger partial charge in [0.15, 0.2) is 0 Å². The van der Waals surface area contributed by atoms with Crippen LogP contribution in [0.2, 0.25) is 0 Å². The van der Waals surface area contributed by atoms with Gasteiger partial charge >= 0.3 is 6.03 Å². The minimum atomic E-state index is -0.198. The van der Waals surface area contributed by atoms with Gasteiger partial charge in [-0.05, 0) is 47.2 Å². The number of benzene rings is 2. The Kier molecular flexibility index (Phi) is 6.21. The van der Waals surface area contributed by atoms with Gasteiger partial charge in [0.25, 0.3) is 0 Å². The fourth-order valence-electron chi connectivity index (χ4n) is 2.44. The van der Waals surface area contributed by atoms with Crippen LogP contribution < -0.4 is 10.6 Å². The van der Waals surface area contributed by atoms with Gasteiger partial charge in [-0.1, -0.05) is 66.7 Å². The number of hydrogen-bond acceptors (Lipinski definition) is 1. The molecule has 0 bridgehead atoms. The minimum Gasteiger partial charge on any atom is -0.337 e. The molecular formula is C20H23BrN2O. The highest BCUT2D eigenvalue weighted by Gasteiger charge is 2.20. The Morgan fingerprint density at radius 3 is 2.33 bits per heavy atom. The van der Waals surface area contributed by atoms with Crippen LogP contribution in [-0.2, 0) is 0 Å². The lowest BCUT2D eigenvalue weighted by atomic mass is 9.84. The highest BCUT2D eigenvalue weighted by molar-refractivity contribution is 9.10. The van der Waals surface area contributed by atoms with Crippen molar-refractivity contribution in [2.45, 2.75) is 20.3 Å². The SMILES string of the molecule is C=C(CC(C)(C)CNC(=O)Nc1ccc(Br)cc1)c1ccccc1. The average molecular weight is 387 g/mol. The van der Waals surface area contributed by atoms with E-state index in [0.29, 0.717) is 6.54 Å². The molecule has 0 heterocycles. The molecule has 2 amide bonds. The van der Waals surface area contributed by atoms with Crippen LogP contribution in [0.15, 0.2) is 65.6 Å². The Labute approximate surface area is 152 Å². The molecule has 0 aliphatic rings. The molecule has 0 radical (unpaired) electrons. The highest BCUT2D eigenvalue weighted by atomic mass is 79.9. The quantitative estimate of drug-likeness (QED) is 0.656. The van der Waals surface area contributed by atoms with Crippen LogP contribution >= 0.6 is 15.9 Å². The molecule has 0 aliphatic carbocycles. The molecule has 0 aromatic heterocycles. The molecule has 2 rings (SSSR count). The van der Waals surface area contributed by atoms with Crippen molar-refractivity contribution in [1.29, 1.82) is 0 Å². The number of hydrogen-bond donors (Lipinski definition) is 2. The minimum absolute atomic E-state index is 0.0794. The molecule has 0 atom stereocenters. The second-order valence-corrected chi connectivity index (χ2v) is 7.54. The molecule has 0 saturated heterocycles. The van der Waals surface area contributed by atoms with E-state index in [1.807, 2.05) is 42.5 Å². The summed E-state index contributed by atoms with van der Waals surface area (Å²) >= 11 is 3.37. The summed E-state index contributed by atoms with van der Waals surface area (Å²) in [6, 6.07) is 17.4. The summed E-state index contributed by atoms with van der Waals surface area (Å²) in [5.74, 6) is 0. The van der Waals surface area contributed by atoms with Crippen LogP contribution in [-0.4, -0.2) is 12.6 Å². The number of amides is 2. The third-order valence-corrected chi connectivity index (χ3v) is 4.23. The van der Waals surface area contributed by atoms with Crippen molar-refractivity contribution < 1.29 is 4.79 Å². The average Bonchev–Trinajstić information content (AvgIpc) is 2.56. The second kappa shape index (κ2) is 8.15. The van der Waals surface area contributed by atoms with E-state index in [9.17, 15) is 4.79 Å². The van der Waals surface area contributed by atoms with Gasteiger partial charge in [0.05, 0.1) is 0 Å². The molecule has 0 unspecified atom stereocenters. The first-order chi connectivity index (χ1) is 11.4. The predicted molar refractivity (Wildman–Crippen MR) is 105 cm³/mol. The van der Waals surface area contributed by atoms with Gasteiger partial charge in [0.2, 0.25) is 0 Å². The van der Waals surface area contributed by atoms with Crippen LogP contribution in [0.1, 0.15) is 25.8 Å². The summed E-state index contributed by atoms with van der Waals surface area (Å²) in [5, 5.41) is 5.77. The lowest BCUT2D eigenvalue weighted by Crippen LogP contribution is -2.36. The molecule has 0 fully saturated rings. The van der Waals surface area contributed by atoms with Crippen molar-refractivity contribution in [3.05, 3.63) is 71.2 Å². The summed E-state index contributed by atoms with van der Waals surface area (Å²) < 4.78 is 0.981. The van der Waals surface area contributed by atoms with Crippen LogP contribution in [0.4, 0.5) is 10.5 Å². The third kappa shape index (κ3) is 5.85. The number of allylic oxidation sites excluding steroid dienone is 1. The fourth-order valence-corrected chi connectivity index (χ4v) is 2.71. The Morgan fingerprint density at radius 2 is 1.71 bits per heavy atom. The molecule has 0 spiro atoms. The van der Waals surface area contributed by atoms with E-state index in [1.165, 1.54) is 0 Å². The topological polar surface area (TPSA) is 41.1 Å². The number of carbonyl (C=O) groups is 1. The largest absolute Gasteiger partial charge is 0.337 e. The fraction of sp³-hybridized carbons (Fsp3) is 0.250. The Morgan fingerprint density at radius 1 is 1.08 bits per heavy atom. The van der Waals surface area contributed by atoms with Gasteiger partial charge in [-0.3, -0.25) is 0 Å². The van der Waals surface area contributed by atoms with Crippen molar-refractivity contribution in [3.63, 3.8) is 0 Å². The predicted octanol–water partition coefficient (Wildman–Crippen LogP) is 5.70. The molecule has 2 N–H and O–H groups in total. The van der Waals surface area contributed by atoms with Crippen molar-refractivity contribution in [2.24, 2.45) is 5.41 Å². The maximum atomic E-state index is 12.0. The first-order valence-corrected chi connectivity index (χ1v) is 8.69. The van der Waals surface area contributed by atoms with Gasteiger partial charge in [-0.2, -0.15) is 0 Å². The number of carbonyl (C=O) groups excluding carboxylic acids is 1. The zero-order valence-electron chi connectivity index (χ0n) is 14.1. The van der Waals surface area contributed by atoms with E-state index in [0.717, 1.165) is 27.7 Å². The lowest BCUT2D eigenvalue weighted by Gasteiger charge is -2.26. The normalized spacial score (nSPS) is 11.0. The van der Waals surface area contributed by atoms with E-state index < -0.39 is 0 Å². The smallest absolute Gasteiger partial charge is 0.319 e. The van der Waals surface area contributed by atoms with E-state index in [-0.39, 0.29) is 11.4 Å². The van der Waals surface area contributed by atoms with Gasteiger partial charge in [-0.25, -0.2) is 4.79 Å². The molecule has 126 valence electrons. The molecule has 0 saturated carbocycles. The van der Waals surface area contributed by atoms with Gasteiger partial charge in [0, 0.05) is 16.7 Å². The van der Waals surface area contributed by atoms with Crippen LogP contribution in [0.5, 0.6) is 0 Å². The van der Waals surface area contributed by atoms with Crippen molar-refractivity contribution >= 4 is 33.2 Å². The van der Waals surface area contributed by atoms with Crippen molar-refractivity contribution in [3.8, 4) is 0 Å². The molecule has 4 heteroatoms. The summed E-state index contributed by atoms with van der Waals surface area (Å²) in [5.41, 5.74) is 2.91. The van der Waals surface area contributed by atoms with Crippen LogP contribution in [0.3, 0.4) is 0 Å². The Hall–Kier alpha value is -2.07. The summed E-state index contributed by atoms with van der Waals surface area (Å²) in [4.78, 5) is 12.0. The van der Waals surface area contributed by atoms with Gasteiger partial charge in [0.1, 0.15) is 0 Å². The van der Waals surface area contributed by atoms with Crippen LogP contribution in [0.25, 0.3) is 5.57 Å². The molecule has 3 nitrogen and oxygen atoms in total. The Balaban J connectivity index is 1.84. The van der Waals surface area contributed by atoms with E-state index in [4.69, 9.17) is 0 Å². The second-order valence-electron chi connectivity index (χ2n) is 6.63. The first kappa shape index (κ1) is 18.3. The monoisotopic (exact) mass is 386 g/mol.